The van der Waals surface area contributed by atoms with Crippen LogP contribution < -0.4 is 0 Å². The van der Waals surface area contributed by atoms with Crippen molar-refractivity contribution < 1.29 is 24.9 Å². The summed E-state index contributed by atoms with van der Waals surface area (Å²) in [6, 6.07) is 0. The summed E-state index contributed by atoms with van der Waals surface area (Å²) < 4.78 is 0. The van der Waals surface area contributed by atoms with Gasteiger partial charge in [0.15, 0.2) is 6.29 Å². The molecule has 11 heavy (non-hydrogen) atoms. The molecule has 3 N–H and O–H groups in total. The molecule has 5 nitrogen and oxygen atoms in total. The van der Waals surface area contributed by atoms with Gasteiger partial charge in [-0.15, -0.1) is 0 Å². The Kier molecular flexibility index (Phi) is 4.60. The Morgan fingerprint density at radius 1 is 1.45 bits per heavy atom. The molecule has 0 amide bonds. The van der Waals surface area contributed by atoms with Crippen molar-refractivity contribution in [2.24, 2.45) is 0 Å². The molecule has 2 atom stereocenters. The highest BCUT2D eigenvalue weighted by atomic mass is 16.3. The predicted octanol–water partition coefficient (Wildman–Crippen LogP) is -2.14. The lowest BCUT2D eigenvalue weighted by Gasteiger charge is -2.09. The number of Topliss-reactive ketones (excluding diaryl/α,β-unsaturated/α-hetero) is 1. The quantitative estimate of drug-likeness (QED) is 0.317. The van der Waals surface area contributed by atoms with E-state index in [0.717, 1.165) is 0 Å². The first kappa shape index (κ1) is 10.2. The second-order valence-electron chi connectivity index (χ2n) is 2.11. The van der Waals surface area contributed by atoms with E-state index in [9.17, 15) is 9.59 Å². The van der Waals surface area contributed by atoms with Crippen molar-refractivity contribution in [3.8, 4) is 0 Å². The molecule has 0 unspecified atom stereocenters. The first-order valence-corrected chi connectivity index (χ1v) is 3.07. The van der Waals surface area contributed by atoms with Crippen LogP contribution in [0.15, 0.2) is 0 Å². The van der Waals surface area contributed by atoms with Gasteiger partial charge < -0.3 is 15.3 Å². The SMILES string of the molecule is O=CC(=O)[C@@H](O)C[C@H](O)CO. The van der Waals surface area contributed by atoms with Gasteiger partial charge in [-0.1, -0.05) is 0 Å². The van der Waals surface area contributed by atoms with Crippen LogP contribution in [0, 0.1) is 0 Å². The van der Waals surface area contributed by atoms with E-state index in [4.69, 9.17) is 15.3 Å². The summed E-state index contributed by atoms with van der Waals surface area (Å²) in [6.45, 7) is -0.538. The number of aldehydes is 1. The Labute approximate surface area is 63.3 Å². The monoisotopic (exact) mass is 162 g/mol. The number of hydrogen-bond acceptors (Lipinski definition) is 5. The topological polar surface area (TPSA) is 94.8 Å². The number of hydrogen-bond donors (Lipinski definition) is 3. The Morgan fingerprint density at radius 3 is 2.36 bits per heavy atom. The third-order valence-electron chi connectivity index (χ3n) is 1.15. The maximum atomic E-state index is 10.4. The van der Waals surface area contributed by atoms with Crippen LogP contribution in [0.4, 0.5) is 0 Å². The maximum Gasteiger partial charge on any atom is 0.223 e. The summed E-state index contributed by atoms with van der Waals surface area (Å²) >= 11 is 0. The molecule has 5 heteroatoms. The highest BCUT2D eigenvalue weighted by Gasteiger charge is 2.17. The van der Waals surface area contributed by atoms with Crippen LogP contribution in [0.25, 0.3) is 0 Å². The molecular weight excluding hydrogens is 152 g/mol. The molecule has 0 saturated heterocycles. The zero-order valence-corrected chi connectivity index (χ0v) is 5.80. The molecule has 0 saturated carbocycles. The first-order valence-electron chi connectivity index (χ1n) is 3.07. The molecule has 0 aromatic rings. The lowest BCUT2D eigenvalue weighted by Crippen LogP contribution is -2.28. The second-order valence-corrected chi connectivity index (χ2v) is 2.11. The van der Waals surface area contributed by atoms with Crippen LogP contribution in [0.1, 0.15) is 6.42 Å². The molecule has 0 aromatic heterocycles. The Bertz CT molecular complexity index is 144. The fourth-order valence-electron chi connectivity index (χ4n) is 0.527. The zero-order chi connectivity index (χ0) is 8.85. The van der Waals surface area contributed by atoms with E-state index in [0.29, 0.717) is 0 Å². The van der Waals surface area contributed by atoms with Gasteiger partial charge in [0.1, 0.15) is 6.10 Å². The van der Waals surface area contributed by atoms with Crippen LogP contribution in [0.2, 0.25) is 0 Å². The first-order chi connectivity index (χ1) is 5.11. The van der Waals surface area contributed by atoms with Gasteiger partial charge in [0.05, 0.1) is 12.7 Å². The van der Waals surface area contributed by atoms with E-state index in [1.165, 1.54) is 0 Å². The summed E-state index contributed by atoms with van der Waals surface area (Å²) in [5, 5.41) is 25.7. The molecule has 0 fully saturated rings. The van der Waals surface area contributed by atoms with E-state index < -0.39 is 24.6 Å². The predicted molar refractivity (Wildman–Crippen MR) is 34.8 cm³/mol. The van der Waals surface area contributed by atoms with Gasteiger partial charge in [-0.25, -0.2) is 0 Å². The third-order valence-corrected chi connectivity index (χ3v) is 1.15. The second kappa shape index (κ2) is 4.95. The van der Waals surface area contributed by atoms with Crippen LogP contribution in [0.5, 0.6) is 0 Å². The normalized spacial score (nSPS) is 15.5. The number of carbonyl (C=O) groups excluding carboxylic acids is 2. The molecule has 0 aliphatic rings. The number of carbonyl (C=O) groups is 2. The van der Waals surface area contributed by atoms with Gasteiger partial charge in [-0.2, -0.15) is 0 Å². The minimum absolute atomic E-state index is 0.0191. The van der Waals surface area contributed by atoms with Crippen LogP contribution in [0.3, 0.4) is 0 Å². The van der Waals surface area contributed by atoms with Gasteiger partial charge >= 0.3 is 0 Å². The van der Waals surface area contributed by atoms with Crippen LogP contribution >= 0.6 is 0 Å². The fraction of sp³-hybridized carbons (Fsp3) is 0.667. The van der Waals surface area contributed by atoms with E-state index >= 15 is 0 Å². The molecule has 0 heterocycles. The Hall–Kier alpha value is -0.780. The lowest BCUT2D eigenvalue weighted by atomic mass is 10.1. The molecule has 0 aliphatic heterocycles. The molecule has 0 bridgehead atoms. The molecule has 0 aromatic carbocycles. The Balaban J connectivity index is 3.76. The highest BCUT2D eigenvalue weighted by molar-refractivity contribution is 6.26. The standard InChI is InChI=1S/C6H10O5/c7-2-4(9)1-5(10)6(11)3-8/h3-5,7,9-10H,1-2H2/t4-,5-/m0/s1. The molecule has 0 rings (SSSR count). The van der Waals surface area contributed by atoms with Crippen LogP contribution in [-0.2, 0) is 9.59 Å². The summed E-state index contributed by atoms with van der Waals surface area (Å²) in [6.07, 6.45) is -2.99. The molecule has 64 valence electrons. The average molecular weight is 162 g/mol. The lowest BCUT2D eigenvalue weighted by molar-refractivity contribution is -0.136. The van der Waals surface area contributed by atoms with E-state index in [2.05, 4.69) is 0 Å². The molecule has 0 radical (unpaired) electrons. The summed E-state index contributed by atoms with van der Waals surface area (Å²) in [4.78, 5) is 20.1. The van der Waals surface area contributed by atoms with Gasteiger partial charge in [0.2, 0.25) is 5.78 Å². The van der Waals surface area contributed by atoms with Crippen molar-refractivity contribution in [1.82, 2.24) is 0 Å². The average Bonchev–Trinajstić information content (AvgIpc) is 2.02. The van der Waals surface area contributed by atoms with Gasteiger partial charge in [0, 0.05) is 6.42 Å². The molecule has 0 spiro atoms. The van der Waals surface area contributed by atoms with Gasteiger partial charge in [0.25, 0.3) is 0 Å². The van der Waals surface area contributed by atoms with E-state index in [-0.39, 0.29) is 12.7 Å². The van der Waals surface area contributed by atoms with Crippen molar-refractivity contribution in [3.63, 3.8) is 0 Å². The minimum atomic E-state index is -1.50. The molecule has 0 aliphatic carbocycles. The summed E-state index contributed by atoms with van der Waals surface area (Å²) in [7, 11) is 0. The zero-order valence-electron chi connectivity index (χ0n) is 5.80. The summed E-state index contributed by atoms with van der Waals surface area (Å²) in [5.41, 5.74) is 0. The van der Waals surface area contributed by atoms with E-state index in [1.807, 2.05) is 0 Å². The number of rotatable bonds is 5. The van der Waals surface area contributed by atoms with Crippen molar-refractivity contribution in [1.29, 1.82) is 0 Å². The van der Waals surface area contributed by atoms with Crippen molar-refractivity contribution >= 4 is 12.1 Å². The Morgan fingerprint density at radius 2 is 2.00 bits per heavy atom. The van der Waals surface area contributed by atoms with Crippen LogP contribution in [-0.4, -0.2) is 46.2 Å². The highest BCUT2D eigenvalue weighted by Crippen LogP contribution is 1.97. The van der Waals surface area contributed by atoms with E-state index in [1.54, 1.807) is 0 Å². The van der Waals surface area contributed by atoms with Crippen molar-refractivity contribution in [3.05, 3.63) is 0 Å². The smallest absolute Gasteiger partial charge is 0.223 e. The summed E-state index contributed by atoms with van der Waals surface area (Å²) in [5.74, 6) is -0.988. The van der Waals surface area contributed by atoms with Crippen molar-refractivity contribution in [2.45, 2.75) is 18.6 Å². The fourth-order valence-corrected chi connectivity index (χ4v) is 0.527. The molecular formula is C6H10O5. The third kappa shape index (κ3) is 3.82. The van der Waals surface area contributed by atoms with Crippen molar-refractivity contribution in [2.75, 3.05) is 6.61 Å². The minimum Gasteiger partial charge on any atom is -0.394 e. The van der Waals surface area contributed by atoms with Gasteiger partial charge in [-0.05, 0) is 0 Å². The van der Waals surface area contributed by atoms with Gasteiger partial charge in [-0.3, -0.25) is 9.59 Å². The number of aliphatic hydroxyl groups excluding tert-OH is 3. The number of aliphatic hydroxyl groups is 3. The largest absolute Gasteiger partial charge is 0.394 e. The number of ketones is 1. The maximum absolute atomic E-state index is 10.4.